The van der Waals surface area contributed by atoms with Gasteiger partial charge in [-0.2, -0.15) is 0 Å². The summed E-state index contributed by atoms with van der Waals surface area (Å²) >= 11 is 0. The van der Waals surface area contributed by atoms with Crippen LogP contribution in [0.1, 0.15) is 24.1 Å². The van der Waals surface area contributed by atoms with Gasteiger partial charge in [-0.3, -0.25) is 19.5 Å². The number of H-pyrrole nitrogens is 1. The fraction of sp³-hybridized carbons (Fsp3) is 0.115. The number of aliphatic hydroxyl groups is 1. The first-order valence-corrected chi connectivity index (χ1v) is 10.6. The molecule has 1 aliphatic rings. The van der Waals surface area contributed by atoms with E-state index in [1.165, 1.54) is 17.3 Å². The normalized spacial score (nSPS) is 17.6. The van der Waals surface area contributed by atoms with Gasteiger partial charge in [-0.15, -0.1) is 0 Å². The Hall–Kier alpha value is -4.39. The summed E-state index contributed by atoms with van der Waals surface area (Å²) < 4.78 is 5.51. The summed E-state index contributed by atoms with van der Waals surface area (Å²) in [6, 6.07) is 17.0. The molecule has 1 fully saturated rings. The molecule has 7 nitrogen and oxygen atoms in total. The molecule has 33 heavy (non-hydrogen) atoms. The van der Waals surface area contributed by atoms with Crippen molar-refractivity contribution in [2.75, 3.05) is 11.5 Å². The number of amides is 1. The van der Waals surface area contributed by atoms with Crippen molar-refractivity contribution in [2.45, 2.75) is 13.0 Å². The molecule has 1 saturated heterocycles. The van der Waals surface area contributed by atoms with Crippen molar-refractivity contribution in [3.63, 3.8) is 0 Å². The number of pyridine rings is 1. The number of hydrogen-bond donors (Lipinski definition) is 2. The predicted molar refractivity (Wildman–Crippen MR) is 125 cm³/mol. The lowest BCUT2D eigenvalue weighted by molar-refractivity contribution is -0.132. The maximum absolute atomic E-state index is 13.3. The topological polar surface area (TPSA) is 95.5 Å². The highest BCUT2D eigenvalue weighted by atomic mass is 16.5. The number of benzene rings is 2. The van der Waals surface area contributed by atoms with Crippen molar-refractivity contribution in [1.29, 1.82) is 0 Å². The molecule has 0 aliphatic carbocycles. The predicted octanol–water partition coefficient (Wildman–Crippen LogP) is 4.59. The molecular formula is C26H21N3O4. The molecule has 1 unspecified atom stereocenters. The number of ketones is 1. The van der Waals surface area contributed by atoms with E-state index in [0.29, 0.717) is 29.2 Å². The molecule has 4 aromatic rings. The van der Waals surface area contributed by atoms with Crippen molar-refractivity contribution in [1.82, 2.24) is 9.97 Å². The first-order valence-electron chi connectivity index (χ1n) is 10.6. The number of rotatable bonds is 5. The molecule has 0 saturated carbocycles. The molecule has 0 bridgehead atoms. The highest BCUT2D eigenvalue weighted by Gasteiger charge is 2.47. The van der Waals surface area contributed by atoms with Gasteiger partial charge in [0, 0.05) is 46.3 Å². The van der Waals surface area contributed by atoms with Gasteiger partial charge in [-0.1, -0.05) is 18.2 Å². The summed E-state index contributed by atoms with van der Waals surface area (Å²) in [6.45, 7) is 2.41. The lowest BCUT2D eigenvalue weighted by Gasteiger charge is -2.25. The van der Waals surface area contributed by atoms with E-state index in [1.807, 2.05) is 31.2 Å². The van der Waals surface area contributed by atoms with E-state index in [4.69, 9.17) is 4.74 Å². The lowest BCUT2D eigenvalue weighted by Crippen LogP contribution is -2.29. The summed E-state index contributed by atoms with van der Waals surface area (Å²) in [6.07, 6.45) is 4.83. The standard InChI is InChI=1S/C26H21N3O4/c1-2-33-18-9-7-17(8-10-18)29-23(20-15-28-21-6-4-3-5-19(20)21)22(25(31)26(29)32)24(30)16-11-13-27-14-12-16/h3-15,23,28,30H,2H2,1H3/b24-22+. The van der Waals surface area contributed by atoms with Crippen LogP contribution in [-0.4, -0.2) is 33.4 Å². The van der Waals surface area contributed by atoms with Crippen molar-refractivity contribution in [2.24, 2.45) is 0 Å². The van der Waals surface area contributed by atoms with Gasteiger partial charge in [0.05, 0.1) is 18.2 Å². The Morgan fingerprint density at radius 1 is 1.06 bits per heavy atom. The highest BCUT2D eigenvalue weighted by molar-refractivity contribution is 6.51. The number of aromatic amines is 1. The van der Waals surface area contributed by atoms with Crippen LogP contribution in [0.25, 0.3) is 16.7 Å². The van der Waals surface area contributed by atoms with E-state index < -0.39 is 17.7 Å². The van der Waals surface area contributed by atoms with E-state index in [0.717, 1.165) is 10.9 Å². The minimum absolute atomic E-state index is 0.0323. The third kappa shape index (κ3) is 3.43. The Morgan fingerprint density at radius 2 is 1.79 bits per heavy atom. The maximum Gasteiger partial charge on any atom is 0.300 e. The van der Waals surface area contributed by atoms with E-state index in [-0.39, 0.29) is 11.3 Å². The largest absolute Gasteiger partial charge is 0.507 e. The molecule has 3 heterocycles. The van der Waals surface area contributed by atoms with Crippen molar-refractivity contribution >= 4 is 34.0 Å². The Bertz CT molecular complexity index is 1370. The van der Waals surface area contributed by atoms with Crippen molar-refractivity contribution in [3.05, 3.63) is 96.0 Å². The molecule has 7 heteroatoms. The first-order chi connectivity index (χ1) is 16.1. The summed E-state index contributed by atoms with van der Waals surface area (Å²) in [5.74, 6) is -1.02. The fourth-order valence-electron chi connectivity index (χ4n) is 4.25. The molecule has 0 spiro atoms. The Labute approximate surface area is 190 Å². The Kier molecular flexibility index (Phi) is 5.14. The van der Waals surface area contributed by atoms with Crippen molar-refractivity contribution < 1.29 is 19.4 Å². The first kappa shape index (κ1) is 20.5. The zero-order valence-corrected chi connectivity index (χ0v) is 17.9. The number of aliphatic hydroxyl groups excluding tert-OH is 1. The summed E-state index contributed by atoms with van der Waals surface area (Å²) in [7, 11) is 0. The molecule has 2 aromatic carbocycles. The number of fused-ring (bicyclic) bond motifs is 1. The quantitative estimate of drug-likeness (QED) is 0.269. The van der Waals surface area contributed by atoms with Crippen LogP contribution >= 0.6 is 0 Å². The zero-order chi connectivity index (χ0) is 22.9. The highest BCUT2D eigenvalue weighted by Crippen LogP contribution is 2.44. The van der Waals surface area contributed by atoms with Gasteiger partial charge in [-0.05, 0) is 49.4 Å². The lowest BCUT2D eigenvalue weighted by atomic mass is 9.95. The van der Waals surface area contributed by atoms with Crippen LogP contribution in [0.15, 0.2) is 84.8 Å². The third-order valence-electron chi connectivity index (χ3n) is 5.74. The number of hydrogen-bond acceptors (Lipinski definition) is 5. The zero-order valence-electron chi connectivity index (χ0n) is 17.9. The van der Waals surface area contributed by atoms with Gasteiger partial charge in [0.2, 0.25) is 0 Å². The number of anilines is 1. The van der Waals surface area contributed by atoms with Crippen LogP contribution in [0.3, 0.4) is 0 Å². The maximum atomic E-state index is 13.3. The van der Waals surface area contributed by atoms with Crippen LogP contribution in [-0.2, 0) is 9.59 Å². The van der Waals surface area contributed by atoms with Gasteiger partial charge < -0.3 is 14.8 Å². The second-order valence-corrected chi connectivity index (χ2v) is 7.62. The smallest absolute Gasteiger partial charge is 0.300 e. The van der Waals surface area contributed by atoms with E-state index in [1.54, 1.807) is 42.6 Å². The van der Waals surface area contributed by atoms with Crippen LogP contribution in [0.5, 0.6) is 5.75 Å². The SMILES string of the molecule is CCOc1ccc(N2C(=O)C(=O)/C(=C(/O)c3ccncc3)C2c2c[nH]c3ccccc23)cc1. The molecule has 1 amide bonds. The average Bonchev–Trinajstić information content (AvgIpc) is 3.39. The van der Waals surface area contributed by atoms with E-state index in [2.05, 4.69) is 9.97 Å². The second-order valence-electron chi connectivity index (χ2n) is 7.62. The molecule has 2 aromatic heterocycles. The average molecular weight is 439 g/mol. The van der Waals surface area contributed by atoms with Crippen LogP contribution in [0, 0.1) is 0 Å². The van der Waals surface area contributed by atoms with E-state index in [9.17, 15) is 14.7 Å². The summed E-state index contributed by atoms with van der Waals surface area (Å²) in [4.78, 5) is 35.1. The van der Waals surface area contributed by atoms with E-state index >= 15 is 0 Å². The number of aromatic nitrogens is 2. The number of ether oxygens (including phenoxy) is 1. The van der Waals surface area contributed by atoms with Crippen LogP contribution in [0.4, 0.5) is 5.69 Å². The molecule has 164 valence electrons. The molecule has 2 N–H and O–H groups in total. The van der Waals surface area contributed by atoms with Gasteiger partial charge in [0.25, 0.3) is 11.7 Å². The minimum atomic E-state index is -0.813. The number of nitrogens with one attached hydrogen (secondary N) is 1. The van der Waals surface area contributed by atoms with Crippen LogP contribution in [0.2, 0.25) is 0 Å². The second kappa shape index (κ2) is 8.27. The molecule has 1 aliphatic heterocycles. The number of Topliss-reactive ketones (excluding diaryl/α,β-unsaturated/α-hetero) is 1. The number of carbonyl (C=O) groups is 2. The van der Waals surface area contributed by atoms with Gasteiger partial charge in [-0.25, -0.2) is 0 Å². The Balaban J connectivity index is 1.73. The number of para-hydroxylation sites is 1. The molecule has 1 atom stereocenters. The van der Waals surface area contributed by atoms with Crippen LogP contribution < -0.4 is 9.64 Å². The summed E-state index contributed by atoms with van der Waals surface area (Å²) in [5.41, 5.74) is 2.57. The Morgan fingerprint density at radius 3 is 2.52 bits per heavy atom. The monoisotopic (exact) mass is 439 g/mol. The van der Waals surface area contributed by atoms with Gasteiger partial charge >= 0.3 is 0 Å². The number of nitrogens with zero attached hydrogens (tertiary/aromatic N) is 2. The third-order valence-corrected chi connectivity index (χ3v) is 5.74. The molecule has 5 rings (SSSR count). The number of carbonyl (C=O) groups excluding carboxylic acids is 2. The van der Waals surface area contributed by atoms with Crippen molar-refractivity contribution in [3.8, 4) is 5.75 Å². The molecule has 0 radical (unpaired) electrons. The van der Waals surface area contributed by atoms with Gasteiger partial charge in [0.15, 0.2) is 0 Å². The molecular weight excluding hydrogens is 418 g/mol. The van der Waals surface area contributed by atoms with Gasteiger partial charge in [0.1, 0.15) is 11.5 Å². The summed E-state index contributed by atoms with van der Waals surface area (Å²) in [5, 5.41) is 12.0. The minimum Gasteiger partial charge on any atom is -0.507 e. The fourth-order valence-corrected chi connectivity index (χ4v) is 4.25.